The zero-order valence-corrected chi connectivity index (χ0v) is 29.3. The van der Waals surface area contributed by atoms with E-state index in [1.54, 1.807) is 12.4 Å². The summed E-state index contributed by atoms with van der Waals surface area (Å²) in [4.78, 5) is 39.5. The molecule has 2 aromatic heterocycles. The summed E-state index contributed by atoms with van der Waals surface area (Å²) in [6.07, 6.45) is 10.0. The van der Waals surface area contributed by atoms with Gasteiger partial charge < -0.3 is 25.5 Å². The van der Waals surface area contributed by atoms with Crippen molar-refractivity contribution in [3.8, 4) is 0 Å². The molecule has 3 N–H and O–H groups in total. The molecule has 3 amide bonds. The first kappa shape index (κ1) is 35.5. The minimum Gasteiger partial charge on any atom is -0.385 e. The summed E-state index contributed by atoms with van der Waals surface area (Å²) in [5.74, 6) is 0.0886. The number of piperidine rings is 2. The van der Waals surface area contributed by atoms with Gasteiger partial charge in [-0.05, 0) is 92.1 Å². The van der Waals surface area contributed by atoms with Crippen molar-refractivity contribution in [3.05, 3.63) is 131 Å². The molecule has 6 rings (SSSR count). The van der Waals surface area contributed by atoms with Crippen LogP contribution in [0.5, 0.6) is 0 Å². The molecule has 1 unspecified atom stereocenters. The maximum Gasteiger partial charge on any atom is 0.315 e. The molecule has 10 heteroatoms. The molecule has 0 radical (unpaired) electrons. The number of nitrogens with zero attached hydrogens (tertiary/aromatic N) is 4. The van der Waals surface area contributed by atoms with Gasteiger partial charge in [0.2, 0.25) is 5.91 Å². The number of urea groups is 1. The fourth-order valence-electron chi connectivity index (χ4n) is 7.43. The highest BCUT2D eigenvalue weighted by Crippen LogP contribution is 2.37. The number of halogens is 1. The molecule has 4 heterocycles. The van der Waals surface area contributed by atoms with E-state index in [4.69, 9.17) is 16.6 Å². The summed E-state index contributed by atoms with van der Waals surface area (Å²) < 4.78 is 0. The van der Waals surface area contributed by atoms with E-state index in [9.17, 15) is 14.7 Å². The lowest BCUT2D eigenvalue weighted by Crippen LogP contribution is -2.51. The number of rotatable bonds is 12. The molecular formula is C40H47ClN6O3. The van der Waals surface area contributed by atoms with Gasteiger partial charge >= 0.3 is 6.03 Å². The van der Waals surface area contributed by atoms with Crippen LogP contribution in [0.25, 0.3) is 0 Å². The van der Waals surface area contributed by atoms with Gasteiger partial charge in [-0.3, -0.25) is 14.8 Å². The number of amides is 3. The first-order valence-corrected chi connectivity index (χ1v) is 18.1. The standard InChI is InChI=1S/C40H47ClN6O3/c41-34-14-12-33(13-15-34)40(50)19-26-46(27-20-40)23-7-18-39(32-9-2-1-3-10-32,36-11-4-5-22-43-36)30-44-38(49)45-35-16-24-47(25-17-35)37(48)28-31-8-6-21-42-29-31/h1-6,8-15,21-22,29,35,50H,7,16-20,23-28,30H2,(H2,44,45,49). The minimum absolute atomic E-state index is 0.0102. The Morgan fingerprint density at radius 3 is 2.32 bits per heavy atom. The van der Waals surface area contributed by atoms with Crippen molar-refractivity contribution in [2.75, 3.05) is 39.3 Å². The van der Waals surface area contributed by atoms with Crippen LogP contribution < -0.4 is 10.6 Å². The lowest BCUT2D eigenvalue weighted by atomic mass is 9.73. The first-order valence-electron chi connectivity index (χ1n) is 17.7. The summed E-state index contributed by atoms with van der Waals surface area (Å²) in [5, 5.41) is 18.5. The molecule has 262 valence electrons. The Morgan fingerprint density at radius 2 is 1.64 bits per heavy atom. The van der Waals surface area contributed by atoms with Crippen LogP contribution in [-0.2, 0) is 22.2 Å². The molecule has 0 spiro atoms. The van der Waals surface area contributed by atoms with Crippen molar-refractivity contribution in [2.45, 2.75) is 62.0 Å². The Kier molecular flexibility index (Phi) is 11.8. The first-order chi connectivity index (χ1) is 24.3. The van der Waals surface area contributed by atoms with Crippen molar-refractivity contribution in [3.63, 3.8) is 0 Å². The second-order valence-corrected chi connectivity index (χ2v) is 14.1. The summed E-state index contributed by atoms with van der Waals surface area (Å²) in [7, 11) is 0. The highest BCUT2D eigenvalue weighted by atomic mass is 35.5. The number of likely N-dealkylation sites (tertiary alicyclic amines) is 2. The van der Waals surface area contributed by atoms with E-state index >= 15 is 0 Å². The van der Waals surface area contributed by atoms with E-state index in [0.29, 0.717) is 56.8 Å². The van der Waals surface area contributed by atoms with Crippen LogP contribution in [0, 0.1) is 0 Å². The van der Waals surface area contributed by atoms with Gasteiger partial charge in [0.25, 0.3) is 0 Å². The van der Waals surface area contributed by atoms with Gasteiger partial charge in [0.15, 0.2) is 0 Å². The second-order valence-electron chi connectivity index (χ2n) is 13.7. The number of hydrogen-bond acceptors (Lipinski definition) is 6. The van der Waals surface area contributed by atoms with E-state index in [1.807, 2.05) is 77.8 Å². The number of aliphatic hydroxyl groups is 1. The lowest BCUT2D eigenvalue weighted by Gasteiger charge is -2.39. The Morgan fingerprint density at radius 1 is 0.900 bits per heavy atom. The van der Waals surface area contributed by atoms with E-state index in [0.717, 1.165) is 54.9 Å². The van der Waals surface area contributed by atoms with E-state index < -0.39 is 11.0 Å². The van der Waals surface area contributed by atoms with Crippen LogP contribution in [0.15, 0.2) is 104 Å². The number of hydrogen-bond donors (Lipinski definition) is 3. The molecule has 2 aliphatic heterocycles. The summed E-state index contributed by atoms with van der Waals surface area (Å²) >= 11 is 6.09. The molecule has 9 nitrogen and oxygen atoms in total. The smallest absolute Gasteiger partial charge is 0.315 e. The van der Waals surface area contributed by atoms with Crippen LogP contribution in [0.3, 0.4) is 0 Å². The molecule has 0 saturated carbocycles. The van der Waals surface area contributed by atoms with Gasteiger partial charge in [-0.2, -0.15) is 0 Å². The highest BCUT2D eigenvalue weighted by molar-refractivity contribution is 6.30. The van der Waals surface area contributed by atoms with Crippen molar-refractivity contribution < 1.29 is 14.7 Å². The normalized spacial score (nSPS) is 17.8. The van der Waals surface area contributed by atoms with E-state index in [-0.39, 0.29) is 18.0 Å². The quantitative estimate of drug-likeness (QED) is 0.175. The van der Waals surface area contributed by atoms with Crippen LogP contribution >= 0.6 is 11.6 Å². The molecule has 50 heavy (non-hydrogen) atoms. The van der Waals surface area contributed by atoms with Crippen LogP contribution in [0.2, 0.25) is 5.02 Å². The molecule has 0 aliphatic carbocycles. The largest absolute Gasteiger partial charge is 0.385 e. The molecule has 2 aromatic carbocycles. The number of pyridine rings is 2. The van der Waals surface area contributed by atoms with Gasteiger partial charge in [-0.15, -0.1) is 0 Å². The molecular weight excluding hydrogens is 648 g/mol. The fourth-order valence-corrected chi connectivity index (χ4v) is 7.56. The molecule has 2 aliphatic rings. The summed E-state index contributed by atoms with van der Waals surface area (Å²) in [6.45, 7) is 4.09. The van der Waals surface area contributed by atoms with E-state index in [1.165, 1.54) is 0 Å². The average molecular weight is 695 g/mol. The Bertz CT molecular complexity index is 1620. The maximum atomic E-state index is 13.4. The summed E-state index contributed by atoms with van der Waals surface area (Å²) in [5.41, 5.74) is 2.47. The van der Waals surface area contributed by atoms with Gasteiger partial charge in [0.05, 0.1) is 23.1 Å². The van der Waals surface area contributed by atoms with Crippen molar-refractivity contribution in [1.29, 1.82) is 0 Å². The zero-order chi connectivity index (χ0) is 34.8. The SMILES string of the molecule is O=C(NCC(CCCN1CCC(O)(c2ccc(Cl)cc2)CC1)(c1ccccc1)c1ccccn1)NC1CCN(C(=O)Cc2cccnc2)CC1. The minimum atomic E-state index is -0.841. The third-order valence-electron chi connectivity index (χ3n) is 10.4. The third-order valence-corrected chi connectivity index (χ3v) is 10.7. The number of carbonyl (C=O) groups is 2. The van der Waals surface area contributed by atoms with Gasteiger partial charge in [0.1, 0.15) is 0 Å². The van der Waals surface area contributed by atoms with Crippen molar-refractivity contribution in [2.24, 2.45) is 0 Å². The Hall–Kier alpha value is -4.31. The molecule has 4 aromatic rings. The van der Waals surface area contributed by atoms with Gasteiger partial charge in [0, 0.05) is 62.4 Å². The second kappa shape index (κ2) is 16.6. The third kappa shape index (κ3) is 8.88. The molecule has 0 bridgehead atoms. The van der Waals surface area contributed by atoms with Crippen molar-refractivity contribution >= 4 is 23.5 Å². The zero-order valence-electron chi connectivity index (χ0n) is 28.5. The van der Waals surface area contributed by atoms with Gasteiger partial charge in [-0.1, -0.05) is 66.2 Å². The Labute approximate surface area is 300 Å². The average Bonchev–Trinajstić information content (AvgIpc) is 3.15. The highest BCUT2D eigenvalue weighted by Gasteiger charge is 2.38. The monoisotopic (exact) mass is 694 g/mol. The summed E-state index contributed by atoms with van der Waals surface area (Å²) in [6, 6.07) is 27.4. The van der Waals surface area contributed by atoms with Crippen molar-refractivity contribution in [1.82, 2.24) is 30.4 Å². The topological polar surface area (TPSA) is 111 Å². The van der Waals surface area contributed by atoms with E-state index in [2.05, 4.69) is 38.7 Å². The predicted molar refractivity (Wildman–Crippen MR) is 196 cm³/mol. The lowest BCUT2D eigenvalue weighted by molar-refractivity contribution is -0.131. The number of aromatic nitrogens is 2. The number of benzene rings is 2. The Balaban J connectivity index is 1.06. The number of nitrogens with one attached hydrogen (secondary N) is 2. The number of carbonyl (C=O) groups excluding carboxylic acids is 2. The van der Waals surface area contributed by atoms with Gasteiger partial charge in [-0.25, -0.2) is 4.79 Å². The maximum absolute atomic E-state index is 13.4. The van der Waals surface area contributed by atoms with Crippen LogP contribution in [0.4, 0.5) is 4.79 Å². The molecule has 1 atom stereocenters. The molecule has 2 fully saturated rings. The fraction of sp³-hybridized carbons (Fsp3) is 0.400. The van der Waals surface area contributed by atoms with Crippen LogP contribution in [0.1, 0.15) is 60.9 Å². The predicted octanol–water partition coefficient (Wildman–Crippen LogP) is 5.71. The van der Waals surface area contributed by atoms with Crippen LogP contribution in [-0.4, -0.2) is 82.1 Å². The molecule has 2 saturated heterocycles.